The van der Waals surface area contributed by atoms with Crippen molar-refractivity contribution in [2.24, 2.45) is 5.73 Å². The quantitative estimate of drug-likeness (QED) is 0.167. The van der Waals surface area contributed by atoms with Crippen LogP contribution in [0.25, 0.3) is 11.0 Å². The number of anilines is 1. The van der Waals surface area contributed by atoms with Crippen LogP contribution in [0.4, 0.5) is 5.95 Å². The number of rotatable bonds is 14. The first-order chi connectivity index (χ1) is 20.2. The van der Waals surface area contributed by atoms with Crippen molar-refractivity contribution in [1.82, 2.24) is 29.1 Å². The van der Waals surface area contributed by atoms with Crippen molar-refractivity contribution >= 4 is 34.8 Å². The second-order valence-corrected chi connectivity index (χ2v) is 10.3. The van der Waals surface area contributed by atoms with Gasteiger partial charge < -0.3 is 15.0 Å². The molecule has 0 aliphatic heterocycles. The minimum atomic E-state index is -0.530. The number of nitrogens with zero attached hydrogens (tertiary/aromatic N) is 6. The molecule has 0 unspecified atom stereocenters. The number of amides is 2. The van der Waals surface area contributed by atoms with Crippen LogP contribution in [0.3, 0.4) is 0 Å². The summed E-state index contributed by atoms with van der Waals surface area (Å²) in [4.78, 5) is 42.2. The molecule has 42 heavy (non-hydrogen) atoms. The molecule has 2 amide bonds. The van der Waals surface area contributed by atoms with Crippen molar-refractivity contribution in [1.29, 1.82) is 0 Å². The second kappa shape index (κ2) is 13.5. The van der Waals surface area contributed by atoms with E-state index < -0.39 is 5.91 Å². The molecular formula is C30H40N8O4. The first-order valence-corrected chi connectivity index (χ1v) is 14.6. The van der Waals surface area contributed by atoms with E-state index in [-0.39, 0.29) is 11.9 Å². The van der Waals surface area contributed by atoms with Crippen LogP contribution in [0.5, 0.6) is 0 Å². The second-order valence-electron chi connectivity index (χ2n) is 10.3. The monoisotopic (exact) mass is 576 g/mol. The predicted molar refractivity (Wildman–Crippen MR) is 160 cm³/mol. The predicted octanol–water partition coefficient (Wildman–Crippen LogP) is 4.42. The van der Waals surface area contributed by atoms with Crippen molar-refractivity contribution in [2.45, 2.75) is 86.4 Å². The number of carbonyl (C=O) groups excluding carboxylic acids is 3. The molecular weight excluding hydrogens is 536 g/mol. The van der Waals surface area contributed by atoms with Crippen molar-refractivity contribution in [3.8, 4) is 0 Å². The van der Waals surface area contributed by atoms with Gasteiger partial charge in [-0.05, 0) is 77.6 Å². The molecule has 0 bridgehead atoms. The number of benzene rings is 1. The number of hydrogen-bond donors (Lipinski definition) is 2. The first kappa shape index (κ1) is 30.5. The van der Waals surface area contributed by atoms with Gasteiger partial charge >= 0.3 is 5.97 Å². The summed E-state index contributed by atoms with van der Waals surface area (Å²) in [5, 5.41) is 12.0. The largest absolute Gasteiger partial charge is 0.461 e. The van der Waals surface area contributed by atoms with Crippen LogP contribution in [0.1, 0.15) is 94.7 Å². The third-order valence-corrected chi connectivity index (χ3v) is 7.16. The molecule has 3 heterocycles. The van der Waals surface area contributed by atoms with E-state index in [0.29, 0.717) is 54.7 Å². The van der Waals surface area contributed by atoms with Crippen LogP contribution < -0.4 is 11.1 Å². The molecule has 3 aromatic heterocycles. The van der Waals surface area contributed by atoms with Crippen molar-refractivity contribution in [3.05, 3.63) is 58.2 Å². The number of aryl methyl sites for hydroxylation is 5. The van der Waals surface area contributed by atoms with Gasteiger partial charge in [0.25, 0.3) is 5.91 Å². The molecule has 4 aromatic rings. The summed E-state index contributed by atoms with van der Waals surface area (Å²) in [6, 6.07) is 6.86. The Kier molecular flexibility index (Phi) is 9.76. The zero-order chi connectivity index (χ0) is 30.4. The van der Waals surface area contributed by atoms with Gasteiger partial charge in [0.15, 0.2) is 0 Å². The van der Waals surface area contributed by atoms with E-state index in [1.165, 1.54) is 0 Å². The van der Waals surface area contributed by atoms with Crippen LogP contribution in [-0.4, -0.2) is 53.5 Å². The molecule has 0 saturated carbocycles. The number of imidazole rings is 1. The highest BCUT2D eigenvalue weighted by Gasteiger charge is 2.22. The van der Waals surface area contributed by atoms with Crippen molar-refractivity contribution in [2.75, 3.05) is 11.9 Å². The molecule has 0 spiro atoms. The van der Waals surface area contributed by atoms with E-state index in [4.69, 9.17) is 10.5 Å². The number of esters is 1. The van der Waals surface area contributed by atoms with E-state index in [0.717, 1.165) is 54.6 Å². The summed E-state index contributed by atoms with van der Waals surface area (Å²) in [7, 11) is 0. The maximum atomic E-state index is 13.4. The lowest BCUT2D eigenvalue weighted by Crippen LogP contribution is -2.20. The number of nitrogens with two attached hydrogens (primary N) is 1. The fourth-order valence-corrected chi connectivity index (χ4v) is 5.21. The molecule has 4 rings (SSSR count). The minimum absolute atomic E-state index is 0.305. The van der Waals surface area contributed by atoms with Crippen molar-refractivity contribution in [3.63, 3.8) is 0 Å². The van der Waals surface area contributed by atoms with E-state index in [1.807, 2.05) is 32.3 Å². The Labute approximate surface area is 245 Å². The summed E-state index contributed by atoms with van der Waals surface area (Å²) in [6.45, 7) is 11.7. The number of aromatic nitrogens is 6. The van der Waals surface area contributed by atoms with Crippen LogP contribution in [0.2, 0.25) is 0 Å². The lowest BCUT2D eigenvalue weighted by molar-refractivity contribution is 0.0510. The first-order valence-electron chi connectivity index (χ1n) is 14.6. The highest BCUT2D eigenvalue weighted by molar-refractivity contribution is 6.03. The van der Waals surface area contributed by atoms with Gasteiger partial charge in [-0.2, -0.15) is 10.2 Å². The van der Waals surface area contributed by atoms with Crippen LogP contribution in [-0.2, 0) is 30.8 Å². The summed E-state index contributed by atoms with van der Waals surface area (Å²) in [6.07, 6.45) is 4.10. The van der Waals surface area contributed by atoms with Crippen LogP contribution in [0, 0.1) is 13.8 Å². The van der Waals surface area contributed by atoms with Gasteiger partial charge in [0, 0.05) is 30.8 Å². The maximum Gasteiger partial charge on any atom is 0.356 e. The Morgan fingerprint density at radius 1 is 0.976 bits per heavy atom. The molecule has 0 aliphatic carbocycles. The summed E-state index contributed by atoms with van der Waals surface area (Å²) in [5.41, 5.74) is 10.7. The molecule has 0 atom stereocenters. The molecule has 0 aliphatic rings. The average molecular weight is 577 g/mol. The van der Waals surface area contributed by atoms with Gasteiger partial charge in [-0.25, -0.2) is 9.78 Å². The SMILES string of the molecule is CCCn1c(NC(=O)c2cc(C)nn2CCCCCc2c(C)nn(CC)c2C(=O)OCC)nc2cc(C(N)=O)ccc21. The standard InChI is InChI=1S/C30H40N8O4/c1-6-15-36-24-14-13-21(27(31)39)18-23(24)32-30(36)33-28(40)25-17-19(4)34-38(25)16-11-9-10-12-22-20(5)35-37(7-2)26(22)29(41)42-8-3/h13-14,17-18H,6-12,15-16H2,1-5H3,(H2,31,39)(H,32,33,40). The molecule has 12 nitrogen and oxygen atoms in total. The number of carbonyl (C=O) groups is 3. The number of fused-ring (bicyclic) bond motifs is 1. The number of primary amides is 1. The third-order valence-electron chi connectivity index (χ3n) is 7.16. The summed E-state index contributed by atoms with van der Waals surface area (Å²) >= 11 is 0. The maximum absolute atomic E-state index is 13.4. The summed E-state index contributed by atoms with van der Waals surface area (Å²) < 4.78 is 10.6. The number of unbranched alkanes of at least 4 members (excludes halogenated alkanes) is 2. The molecule has 0 radical (unpaired) electrons. The normalized spacial score (nSPS) is 11.3. The number of ether oxygens (including phenoxy) is 1. The van der Waals surface area contributed by atoms with Crippen LogP contribution >= 0.6 is 0 Å². The fourth-order valence-electron chi connectivity index (χ4n) is 5.21. The van der Waals surface area contributed by atoms with E-state index in [1.54, 1.807) is 40.6 Å². The highest BCUT2D eigenvalue weighted by Crippen LogP contribution is 2.23. The van der Waals surface area contributed by atoms with Gasteiger partial charge in [0.1, 0.15) is 11.4 Å². The van der Waals surface area contributed by atoms with Gasteiger partial charge in [0.2, 0.25) is 11.9 Å². The molecule has 0 fully saturated rings. The Morgan fingerprint density at radius 2 is 1.76 bits per heavy atom. The van der Waals surface area contributed by atoms with Crippen molar-refractivity contribution < 1.29 is 19.1 Å². The zero-order valence-corrected chi connectivity index (χ0v) is 25.1. The average Bonchev–Trinajstić information content (AvgIpc) is 3.60. The lowest BCUT2D eigenvalue weighted by atomic mass is 10.0. The van der Waals surface area contributed by atoms with E-state index in [2.05, 4.69) is 20.5 Å². The fraction of sp³-hybridized carbons (Fsp3) is 0.467. The summed E-state index contributed by atoms with van der Waals surface area (Å²) in [5.74, 6) is -0.764. The highest BCUT2D eigenvalue weighted by atomic mass is 16.5. The lowest BCUT2D eigenvalue weighted by Gasteiger charge is -2.11. The van der Waals surface area contributed by atoms with E-state index >= 15 is 0 Å². The Morgan fingerprint density at radius 3 is 2.45 bits per heavy atom. The topological polar surface area (TPSA) is 152 Å². The van der Waals surface area contributed by atoms with Gasteiger partial charge in [-0.1, -0.05) is 13.3 Å². The van der Waals surface area contributed by atoms with Gasteiger partial charge in [0.05, 0.1) is 29.0 Å². The van der Waals surface area contributed by atoms with Gasteiger partial charge in [-0.3, -0.25) is 24.3 Å². The van der Waals surface area contributed by atoms with Gasteiger partial charge in [-0.15, -0.1) is 0 Å². The Balaban J connectivity index is 1.42. The molecule has 3 N–H and O–H groups in total. The molecule has 1 aromatic carbocycles. The molecule has 12 heteroatoms. The molecule has 224 valence electrons. The molecule has 0 saturated heterocycles. The number of nitrogens with one attached hydrogen (secondary N) is 1. The minimum Gasteiger partial charge on any atom is -0.461 e. The number of hydrogen-bond acceptors (Lipinski definition) is 7. The smallest absolute Gasteiger partial charge is 0.356 e. The van der Waals surface area contributed by atoms with Crippen LogP contribution in [0.15, 0.2) is 24.3 Å². The van der Waals surface area contributed by atoms with E-state index in [9.17, 15) is 14.4 Å². The Bertz CT molecular complexity index is 1600. The third kappa shape index (κ3) is 6.53. The Hall–Kier alpha value is -4.48. The zero-order valence-electron chi connectivity index (χ0n) is 25.1.